The van der Waals surface area contributed by atoms with Crippen molar-refractivity contribution in [2.24, 2.45) is 0 Å². The van der Waals surface area contributed by atoms with Crippen LogP contribution >= 0.6 is 0 Å². The maximum Gasteiger partial charge on any atom is 0.235 e. The molecular weight excluding hydrogens is 803 g/mol. The molecule has 0 saturated heterocycles. The van der Waals surface area contributed by atoms with Gasteiger partial charge in [-0.3, -0.25) is 9.59 Å². The Balaban J connectivity index is 0.712. The molecule has 0 fully saturated rings. The molecule has 0 N–H and O–H groups in total. The first kappa shape index (κ1) is 42.5. The highest BCUT2D eigenvalue weighted by Crippen LogP contribution is 2.33. The topological polar surface area (TPSA) is 147 Å². The normalized spacial score (nSPS) is 11.3. The zero-order chi connectivity index (χ0) is 43.2. The number of benzene rings is 5. The highest BCUT2D eigenvalue weighted by molar-refractivity contribution is 5.82. The van der Waals surface area contributed by atoms with E-state index in [0.29, 0.717) is 102 Å². The van der Waals surface area contributed by atoms with Gasteiger partial charge in [0.15, 0.2) is 11.2 Å². The van der Waals surface area contributed by atoms with Gasteiger partial charge in [-0.05, 0) is 85.5 Å². The fourth-order valence-corrected chi connectivity index (χ4v) is 6.90. The van der Waals surface area contributed by atoms with Gasteiger partial charge in [-0.2, -0.15) is 0 Å². The molecule has 322 valence electrons. The number of fused-ring (bicyclic) bond motifs is 2. The Bertz CT molecular complexity index is 2850. The van der Waals surface area contributed by atoms with E-state index < -0.39 is 0 Å². The van der Waals surface area contributed by atoms with Gasteiger partial charge in [0.1, 0.15) is 47.4 Å². The fraction of sp³-hybridized carbons (Fsp3) is 0.240. The van der Waals surface area contributed by atoms with Gasteiger partial charge >= 0.3 is 0 Å². The largest absolute Gasteiger partial charge is 0.497 e. The predicted octanol–water partition coefficient (Wildman–Crippen LogP) is 8.93. The summed E-state index contributed by atoms with van der Waals surface area (Å²) >= 11 is 0. The minimum absolute atomic E-state index is 0.102. The van der Waals surface area contributed by atoms with Crippen molar-refractivity contribution < 1.29 is 37.3 Å². The molecule has 0 amide bonds. The molecule has 0 aliphatic heterocycles. The van der Waals surface area contributed by atoms with Gasteiger partial charge in [-0.15, -0.1) is 5.10 Å². The molecule has 0 radical (unpaired) electrons. The van der Waals surface area contributed by atoms with E-state index in [2.05, 4.69) is 10.3 Å². The van der Waals surface area contributed by atoms with Gasteiger partial charge in [0, 0.05) is 29.5 Å². The number of hydrogen-bond acceptors (Lipinski definition) is 12. The summed E-state index contributed by atoms with van der Waals surface area (Å²) in [6, 6.07) is 38.4. The molecule has 0 bridgehead atoms. The Morgan fingerprint density at radius 3 is 2.24 bits per heavy atom. The summed E-state index contributed by atoms with van der Waals surface area (Å²) in [4.78, 5) is 26.2. The number of aromatic nitrogens is 3. The van der Waals surface area contributed by atoms with Crippen molar-refractivity contribution in [3.05, 3.63) is 165 Å². The second-order valence-electron chi connectivity index (χ2n) is 14.6. The van der Waals surface area contributed by atoms with Gasteiger partial charge < -0.3 is 37.3 Å². The van der Waals surface area contributed by atoms with Crippen LogP contribution in [0.4, 0.5) is 0 Å². The number of unbranched alkanes of at least 4 members (excludes halogenated alkanes) is 1. The summed E-state index contributed by atoms with van der Waals surface area (Å²) in [6.07, 6.45) is 4.44. The number of aryl methyl sites for hydroxylation is 1. The summed E-state index contributed by atoms with van der Waals surface area (Å²) in [5.74, 6) is 3.03. The molecule has 13 heteroatoms. The summed E-state index contributed by atoms with van der Waals surface area (Å²) in [5, 5.41) is 9.49. The zero-order valence-corrected chi connectivity index (χ0v) is 34.9. The lowest BCUT2D eigenvalue weighted by atomic mass is 10.1. The van der Waals surface area contributed by atoms with E-state index in [4.69, 9.17) is 37.3 Å². The number of rotatable bonds is 22. The second-order valence-corrected chi connectivity index (χ2v) is 14.6. The van der Waals surface area contributed by atoms with Crippen molar-refractivity contribution in [3.8, 4) is 45.6 Å². The first-order valence-corrected chi connectivity index (χ1v) is 20.9. The standard InChI is InChI=1S/C50H47N3O10/c1-56-40-14-9-10-35(30-40)34-61-50-48(55)43-15-5-6-16-45(43)63-49(50)37-17-19-39(20-18-37)59-24-8-7-13-38-33-53(52-51-38)23-25-57-26-27-58-28-29-60-41-21-22-42-44(54)32-46(62-47(42)31-41)36-11-3-2-4-12-36/h2-6,9-12,14-22,30-33H,7-8,13,23-29,34H2,1H3. The molecule has 0 saturated carbocycles. The molecule has 13 nitrogen and oxygen atoms in total. The highest BCUT2D eigenvalue weighted by atomic mass is 16.5. The first-order valence-electron chi connectivity index (χ1n) is 20.9. The maximum atomic E-state index is 13.6. The van der Waals surface area contributed by atoms with E-state index in [0.717, 1.165) is 36.1 Å². The lowest BCUT2D eigenvalue weighted by Crippen LogP contribution is -2.13. The average molecular weight is 850 g/mol. The zero-order valence-electron chi connectivity index (χ0n) is 34.9. The van der Waals surface area contributed by atoms with Crippen LogP contribution in [0.25, 0.3) is 44.6 Å². The highest BCUT2D eigenvalue weighted by Gasteiger charge is 2.18. The molecule has 3 heterocycles. The number of ether oxygens (including phenoxy) is 6. The Hall–Kier alpha value is -7.22. The van der Waals surface area contributed by atoms with E-state index in [1.807, 2.05) is 91.1 Å². The lowest BCUT2D eigenvalue weighted by Gasteiger charge is -2.13. The van der Waals surface area contributed by atoms with Crippen LogP contribution in [-0.4, -0.2) is 61.7 Å². The van der Waals surface area contributed by atoms with Crippen molar-refractivity contribution in [1.82, 2.24) is 15.0 Å². The third kappa shape index (κ3) is 11.2. The van der Waals surface area contributed by atoms with Crippen LogP contribution < -0.4 is 29.8 Å². The molecule has 63 heavy (non-hydrogen) atoms. The average Bonchev–Trinajstić information content (AvgIpc) is 3.78. The molecule has 8 rings (SSSR count). The smallest absolute Gasteiger partial charge is 0.235 e. The third-order valence-electron chi connectivity index (χ3n) is 10.2. The monoisotopic (exact) mass is 849 g/mol. The number of para-hydroxylation sites is 1. The van der Waals surface area contributed by atoms with Crippen LogP contribution in [0, 0.1) is 0 Å². The van der Waals surface area contributed by atoms with Crippen molar-refractivity contribution >= 4 is 21.9 Å². The second kappa shape index (κ2) is 21.0. The summed E-state index contributed by atoms with van der Waals surface area (Å²) < 4.78 is 48.8. The number of methoxy groups -OCH3 is 1. The molecule has 0 atom stereocenters. The van der Waals surface area contributed by atoms with Gasteiger partial charge in [-0.25, -0.2) is 4.68 Å². The van der Waals surface area contributed by atoms with Crippen molar-refractivity contribution in [2.45, 2.75) is 32.4 Å². The molecular formula is C50H47N3O10. The van der Waals surface area contributed by atoms with Crippen molar-refractivity contribution in [3.63, 3.8) is 0 Å². The molecule has 0 aliphatic rings. The van der Waals surface area contributed by atoms with Crippen molar-refractivity contribution in [2.75, 3.05) is 46.8 Å². The van der Waals surface area contributed by atoms with E-state index in [1.54, 1.807) is 48.2 Å². The summed E-state index contributed by atoms with van der Waals surface area (Å²) in [5.41, 5.74) is 3.92. The van der Waals surface area contributed by atoms with E-state index in [9.17, 15) is 9.59 Å². The number of hydrogen-bond donors (Lipinski definition) is 0. The maximum absolute atomic E-state index is 13.6. The Labute approximate surface area is 363 Å². The van der Waals surface area contributed by atoms with E-state index >= 15 is 0 Å². The molecule has 5 aromatic carbocycles. The van der Waals surface area contributed by atoms with Crippen LogP contribution in [0.2, 0.25) is 0 Å². The van der Waals surface area contributed by atoms with Crippen molar-refractivity contribution in [1.29, 1.82) is 0 Å². The van der Waals surface area contributed by atoms with Gasteiger partial charge in [0.25, 0.3) is 0 Å². The quantitative estimate of drug-likeness (QED) is 0.0600. The van der Waals surface area contributed by atoms with Crippen LogP contribution in [-0.2, 0) is 29.0 Å². The third-order valence-corrected chi connectivity index (χ3v) is 10.2. The SMILES string of the molecule is COc1cccc(COc2c(-c3ccc(OCCCCc4cn(CCOCCOCCOc5ccc6c(=O)cc(-c7ccccc7)oc6c5)nn4)cc3)oc3ccccc3c2=O)c1. The Morgan fingerprint density at radius 2 is 1.38 bits per heavy atom. The minimum atomic E-state index is -0.235. The molecule has 0 unspecified atom stereocenters. The van der Waals surface area contributed by atoms with Gasteiger partial charge in [0.2, 0.25) is 11.2 Å². The van der Waals surface area contributed by atoms with Gasteiger partial charge in [0.05, 0.1) is 63.2 Å². The first-order chi connectivity index (χ1) is 31.0. The predicted molar refractivity (Wildman–Crippen MR) is 239 cm³/mol. The Kier molecular flexibility index (Phi) is 14.2. The molecule has 0 aliphatic carbocycles. The minimum Gasteiger partial charge on any atom is -0.497 e. The van der Waals surface area contributed by atoms with Crippen LogP contribution in [0.5, 0.6) is 23.0 Å². The van der Waals surface area contributed by atoms with Crippen LogP contribution in [0.3, 0.4) is 0 Å². The summed E-state index contributed by atoms with van der Waals surface area (Å²) in [7, 11) is 1.61. The van der Waals surface area contributed by atoms with Crippen LogP contribution in [0.1, 0.15) is 24.1 Å². The lowest BCUT2D eigenvalue weighted by molar-refractivity contribution is 0.0333. The molecule has 0 spiro atoms. The van der Waals surface area contributed by atoms with E-state index in [-0.39, 0.29) is 23.2 Å². The van der Waals surface area contributed by atoms with E-state index in [1.165, 1.54) is 6.07 Å². The Morgan fingerprint density at radius 1 is 0.603 bits per heavy atom. The molecule has 3 aromatic heterocycles. The number of nitrogens with zero attached hydrogens (tertiary/aromatic N) is 3. The summed E-state index contributed by atoms with van der Waals surface area (Å²) in [6.45, 7) is 3.36. The van der Waals surface area contributed by atoms with Crippen LogP contribution in [0.15, 0.2) is 152 Å². The fourth-order valence-electron chi connectivity index (χ4n) is 6.90. The van der Waals surface area contributed by atoms with Gasteiger partial charge in [-0.1, -0.05) is 59.8 Å². The molecule has 8 aromatic rings.